The summed E-state index contributed by atoms with van der Waals surface area (Å²) in [5, 5.41) is 0. The molecule has 2 aromatic rings. The van der Waals surface area contributed by atoms with Crippen LogP contribution in [-0.4, -0.2) is 8.42 Å². The normalized spacial score (nSPS) is 11.0. The molecule has 0 atom stereocenters. The average molecular weight is 273 g/mol. The number of benzene rings is 2. The smallest absolute Gasteiger partial charge is 0.262 e. The summed E-state index contributed by atoms with van der Waals surface area (Å²) in [5.41, 5.74) is 1.89. The molecule has 0 saturated carbocycles. The quantitative estimate of drug-likeness (QED) is 0.926. The molecule has 0 aliphatic heterocycles. The fraction of sp³-hybridized carbons (Fsp3) is 0.0667. The van der Waals surface area contributed by atoms with Crippen molar-refractivity contribution in [2.24, 2.45) is 0 Å². The van der Waals surface area contributed by atoms with Gasteiger partial charge in [-0.05, 0) is 36.3 Å². The van der Waals surface area contributed by atoms with Crippen molar-refractivity contribution in [3.63, 3.8) is 0 Å². The summed E-state index contributed by atoms with van der Waals surface area (Å²) < 4.78 is 27.3. The van der Waals surface area contributed by atoms with Crippen molar-refractivity contribution in [2.45, 2.75) is 11.8 Å². The highest BCUT2D eigenvalue weighted by Crippen LogP contribution is 2.23. The van der Waals surface area contributed by atoms with Gasteiger partial charge in [0.2, 0.25) is 0 Å². The maximum Gasteiger partial charge on any atom is 0.262 e. The Labute approximate surface area is 113 Å². The molecular formula is C15H15NO2S. The van der Waals surface area contributed by atoms with Gasteiger partial charge in [0.25, 0.3) is 10.0 Å². The Bertz CT molecular complexity index is 691. The van der Waals surface area contributed by atoms with Crippen molar-refractivity contribution in [1.29, 1.82) is 0 Å². The van der Waals surface area contributed by atoms with Gasteiger partial charge < -0.3 is 0 Å². The van der Waals surface area contributed by atoms with Crippen LogP contribution in [0.3, 0.4) is 0 Å². The number of nitrogens with one attached hydrogen (secondary N) is 1. The minimum atomic E-state index is -3.60. The maximum absolute atomic E-state index is 12.4. The van der Waals surface area contributed by atoms with Gasteiger partial charge in [0, 0.05) is 5.69 Å². The van der Waals surface area contributed by atoms with Crippen molar-refractivity contribution in [3.8, 4) is 0 Å². The molecule has 2 rings (SSSR count). The number of para-hydroxylation sites is 1. The van der Waals surface area contributed by atoms with Gasteiger partial charge in [-0.3, -0.25) is 4.72 Å². The first-order valence-corrected chi connectivity index (χ1v) is 7.32. The van der Waals surface area contributed by atoms with Crippen molar-refractivity contribution >= 4 is 21.3 Å². The Morgan fingerprint density at radius 3 is 2.21 bits per heavy atom. The van der Waals surface area contributed by atoms with Gasteiger partial charge in [0.15, 0.2) is 0 Å². The Morgan fingerprint density at radius 1 is 1.00 bits per heavy atom. The van der Waals surface area contributed by atoms with E-state index in [1.807, 2.05) is 6.07 Å². The van der Waals surface area contributed by atoms with Gasteiger partial charge in [-0.1, -0.05) is 43.0 Å². The lowest BCUT2D eigenvalue weighted by Crippen LogP contribution is -2.14. The van der Waals surface area contributed by atoms with E-state index in [1.54, 1.807) is 55.5 Å². The summed E-state index contributed by atoms with van der Waals surface area (Å²) in [6, 6.07) is 15.6. The molecule has 4 heteroatoms. The number of sulfonamides is 1. The molecule has 0 aliphatic carbocycles. The van der Waals surface area contributed by atoms with Crippen LogP contribution < -0.4 is 4.72 Å². The molecule has 0 spiro atoms. The molecule has 0 amide bonds. The molecule has 1 N–H and O–H groups in total. The van der Waals surface area contributed by atoms with Crippen LogP contribution in [0, 0.1) is 0 Å². The van der Waals surface area contributed by atoms with Crippen molar-refractivity contribution in [3.05, 3.63) is 66.7 Å². The highest BCUT2D eigenvalue weighted by molar-refractivity contribution is 7.92. The van der Waals surface area contributed by atoms with Crippen LogP contribution in [0.15, 0.2) is 66.1 Å². The summed E-state index contributed by atoms with van der Waals surface area (Å²) in [6.07, 6.45) is 0. The van der Waals surface area contributed by atoms with Crippen LogP contribution in [0.25, 0.3) is 5.57 Å². The van der Waals surface area contributed by atoms with E-state index in [4.69, 9.17) is 0 Å². The topological polar surface area (TPSA) is 46.2 Å². The SMILES string of the molecule is C=C(C)c1ccccc1S(=O)(=O)Nc1ccccc1. The van der Waals surface area contributed by atoms with E-state index in [-0.39, 0.29) is 4.90 Å². The minimum Gasteiger partial charge on any atom is -0.280 e. The molecule has 0 saturated heterocycles. The van der Waals surface area contributed by atoms with Crippen LogP contribution in [0.1, 0.15) is 12.5 Å². The van der Waals surface area contributed by atoms with E-state index in [0.29, 0.717) is 16.8 Å². The molecule has 0 radical (unpaired) electrons. The van der Waals surface area contributed by atoms with E-state index < -0.39 is 10.0 Å². The van der Waals surface area contributed by atoms with Crippen LogP contribution in [0.2, 0.25) is 0 Å². The zero-order valence-corrected chi connectivity index (χ0v) is 11.4. The number of hydrogen-bond acceptors (Lipinski definition) is 2. The van der Waals surface area contributed by atoms with Gasteiger partial charge in [-0.25, -0.2) is 8.42 Å². The Morgan fingerprint density at radius 2 is 1.58 bits per heavy atom. The maximum atomic E-state index is 12.4. The van der Waals surface area contributed by atoms with Crippen LogP contribution >= 0.6 is 0 Å². The van der Waals surface area contributed by atoms with Crippen molar-refractivity contribution < 1.29 is 8.42 Å². The number of hydrogen-bond donors (Lipinski definition) is 1. The summed E-state index contributed by atoms with van der Waals surface area (Å²) >= 11 is 0. The number of anilines is 1. The zero-order valence-electron chi connectivity index (χ0n) is 10.6. The van der Waals surface area contributed by atoms with Gasteiger partial charge in [-0.15, -0.1) is 0 Å². The van der Waals surface area contributed by atoms with Gasteiger partial charge in [0.1, 0.15) is 0 Å². The standard InChI is InChI=1S/C15H15NO2S/c1-12(2)14-10-6-7-11-15(14)19(17,18)16-13-8-4-3-5-9-13/h3-11,16H,1H2,2H3. The lowest BCUT2D eigenvalue weighted by Gasteiger charge is -2.12. The Balaban J connectivity index is 2.43. The first kappa shape index (κ1) is 13.4. The highest BCUT2D eigenvalue weighted by Gasteiger charge is 2.18. The molecule has 0 aromatic heterocycles. The molecule has 0 bridgehead atoms. The second-order valence-corrected chi connectivity index (χ2v) is 5.90. The molecule has 3 nitrogen and oxygen atoms in total. The van der Waals surface area contributed by atoms with Gasteiger partial charge in [0.05, 0.1) is 4.90 Å². The van der Waals surface area contributed by atoms with Gasteiger partial charge >= 0.3 is 0 Å². The third kappa shape index (κ3) is 3.03. The molecular weight excluding hydrogens is 258 g/mol. The Kier molecular flexibility index (Phi) is 3.71. The summed E-state index contributed by atoms with van der Waals surface area (Å²) in [4.78, 5) is 0.242. The molecule has 0 heterocycles. The minimum absolute atomic E-state index is 0.242. The third-order valence-corrected chi connectivity index (χ3v) is 4.10. The predicted molar refractivity (Wildman–Crippen MR) is 78.4 cm³/mol. The Hall–Kier alpha value is -2.07. The van der Waals surface area contributed by atoms with Gasteiger partial charge in [-0.2, -0.15) is 0 Å². The monoisotopic (exact) mass is 273 g/mol. The molecule has 0 unspecified atom stereocenters. The third-order valence-electron chi connectivity index (χ3n) is 2.66. The predicted octanol–water partition coefficient (Wildman–Crippen LogP) is 3.52. The molecule has 2 aromatic carbocycles. The summed E-state index contributed by atoms with van der Waals surface area (Å²) in [7, 11) is -3.60. The largest absolute Gasteiger partial charge is 0.280 e. The lowest BCUT2D eigenvalue weighted by atomic mass is 10.1. The average Bonchev–Trinajstić information content (AvgIpc) is 2.39. The van der Waals surface area contributed by atoms with Crippen LogP contribution in [0.4, 0.5) is 5.69 Å². The first-order chi connectivity index (χ1) is 9.00. The number of allylic oxidation sites excluding steroid dienone is 1. The molecule has 0 aliphatic rings. The highest BCUT2D eigenvalue weighted by atomic mass is 32.2. The van der Waals surface area contributed by atoms with Crippen LogP contribution in [0.5, 0.6) is 0 Å². The van der Waals surface area contributed by atoms with E-state index in [2.05, 4.69) is 11.3 Å². The van der Waals surface area contributed by atoms with E-state index in [1.165, 1.54) is 0 Å². The number of rotatable bonds is 4. The molecule has 0 fully saturated rings. The molecule has 19 heavy (non-hydrogen) atoms. The van der Waals surface area contributed by atoms with E-state index in [0.717, 1.165) is 0 Å². The second-order valence-electron chi connectivity index (χ2n) is 4.25. The first-order valence-electron chi connectivity index (χ1n) is 5.83. The lowest BCUT2D eigenvalue weighted by molar-refractivity contribution is 0.601. The van der Waals surface area contributed by atoms with Crippen LogP contribution in [-0.2, 0) is 10.0 Å². The zero-order chi connectivity index (χ0) is 13.9. The van der Waals surface area contributed by atoms with Crippen molar-refractivity contribution in [2.75, 3.05) is 4.72 Å². The summed E-state index contributed by atoms with van der Waals surface area (Å²) in [5.74, 6) is 0. The second kappa shape index (κ2) is 5.28. The van der Waals surface area contributed by atoms with Crippen molar-refractivity contribution in [1.82, 2.24) is 0 Å². The molecule has 98 valence electrons. The van der Waals surface area contributed by atoms with E-state index in [9.17, 15) is 8.42 Å². The fourth-order valence-electron chi connectivity index (χ4n) is 1.77. The fourth-order valence-corrected chi connectivity index (χ4v) is 3.12. The summed E-state index contributed by atoms with van der Waals surface area (Å²) in [6.45, 7) is 5.60. The van der Waals surface area contributed by atoms with E-state index >= 15 is 0 Å².